The maximum Gasteiger partial charge on any atom is 0.326 e. The van der Waals surface area contributed by atoms with Crippen molar-refractivity contribution in [2.24, 2.45) is 17.4 Å². The van der Waals surface area contributed by atoms with Crippen LogP contribution in [0, 0.1) is 5.92 Å². The number of nitrogens with two attached hydrogens (primary N) is 2. The van der Waals surface area contributed by atoms with Crippen LogP contribution >= 0.6 is 0 Å². The second kappa shape index (κ2) is 29.3. The van der Waals surface area contributed by atoms with E-state index in [4.69, 9.17) is 11.5 Å². The second-order valence-corrected chi connectivity index (χ2v) is 17.8. The molecule has 2 heterocycles. The fourth-order valence-corrected chi connectivity index (χ4v) is 7.73. The van der Waals surface area contributed by atoms with Gasteiger partial charge in [-0.2, -0.15) is 0 Å². The average Bonchev–Trinajstić information content (AvgIpc) is 3.99. The molecule has 0 saturated carbocycles. The quantitative estimate of drug-likeness (QED) is 0.0336. The van der Waals surface area contributed by atoms with E-state index < -0.39 is 133 Å². The minimum atomic E-state index is -1.38. The molecule has 8 atom stereocenters. The van der Waals surface area contributed by atoms with Gasteiger partial charge in [0.2, 0.25) is 59.1 Å². The van der Waals surface area contributed by atoms with E-state index in [1.807, 2.05) is 0 Å². The lowest BCUT2D eigenvalue weighted by molar-refractivity contribution is -0.144. The van der Waals surface area contributed by atoms with Crippen LogP contribution in [0.5, 0.6) is 0 Å². The molecule has 1 unspecified atom stereocenters. The number of carbonyl (C=O) groups excluding carboxylic acids is 10. The van der Waals surface area contributed by atoms with Crippen molar-refractivity contribution in [3.05, 3.63) is 35.9 Å². The van der Waals surface area contributed by atoms with Crippen LogP contribution in [0.4, 0.5) is 0 Å². The molecule has 2 aliphatic heterocycles. The summed E-state index contributed by atoms with van der Waals surface area (Å²) in [6.07, 6.45) is 0.883. The first-order chi connectivity index (χ1) is 33.2. The number of amides is 10. The molecular formula is C45H70N12O13. The van der Waals surface area contributed by atoms with Gasteiger partial charge in [0.1, 0.15) is 36.3 Å². The van der Waals surface area contributed by atoms with Crippen molar-refractivity contribution in [1.82, 2.24) is 52.8 Å². The lowest BCUT2D eigenvalue weighted by atomic mass is 10.0. The first kappa shape index (κ1) is 57.6. The number of carboxylic acids is 1. The van der Waals surface area contributed by atoms with E-state index in [1.54, 1.807) is 44.2 Å². The number of nitrogens with zero attached hydrogens (tertiary/aromatic N) is 1. The van der Waals surface area contributed by atoms with Crippen molar-refractivity contribution in [2.75, 3.05) is 39.3 Å². The number of aliphatic hydroxyl groups excluding tert-OH is 1. The lowest BCUT2D eigenvalue weighted by Crippen LogP contribution is -2.57. The van der Waals surface area contributed by atoms with Gasteiger partial charge in [0.25, 0.3) is 0 Å². The van der Waals surface area contributed by atoms with E-state index in [0.29, 0.717) is 37.8 Å². The van der Waals surface area contributed by atoms with Gasteiger partial charge < -0.3 is 74.4 Å². The molecule has 3 rings (SSSR count). The van der Waals surface area contributed by atoms with Gasteiger partial charge in [-0.05, 0) is 76.3 Å². The van der Waals surface area contributed by atoms with Gasteiger partial charge in [0, 0.05) is 25.9 Å². The molecule has 70 heavy (non-hydrogen) atoms. The van der Waals surface area contributed by atoms with E-state index in [2.05, 4.69) is 47.9 Å². The summed E-state index contributed by atoms with van der Waals surface area (Å²) in [4.78, 5) is 143. The third-order valence-electron chi connectivity index (χ3n) is 11.5. The van der Waals surface area contributed by atoms with Crippen LogP contribution in [0.1, 0.15) is 84.1 Å². The molecule has 15 N–H and O–H groups in total. The van der Waals surface area contributed by atoms with Gasteiger partial charge in [-0.25, -0.2) is 4.79 Å². The number of benzene rings is 1. The Hall–Kier alpha value is -6.73. The molecule has 25 nitrogen and oxygen atoms in total. The smallest absolute Gasteiger partial charge is 0.326 e. The van der Waals surface area contributed by atoms with Gasteiger partial charge in [-0.3, -0.25) is 47.9 Å². The molecule has 1 aromatic rings. The number of likely N-dealkylation sites (tertiary alicyclic amines) is 1. The predicted octanol–water partition coefficient (Wildman–Crippen LogP) is -4.74. The van der Waals surface area contributed by atoms with Crippen molar-refractivity contribution in [1.29, 1.82) is 0 Å². The third-order valence-corrected chi connectivity index (χ3v) is 11.5. The molecule has 0 aliphatic carbocycles. The molecule has 0 aromatic heterocycles. The van der Waals surface area contributed by atoms with Gasteiger partial charge in [0.05, 0.1) is 31.8 Å². The summed E-state index contributed by atoms with van der Waals surface area (Å²) in [5.74, 6) is -8.66. The summed E-state index contributed by atoms with van der Waals surface area (Å²) in [6, 6.07) is 0.624. The number of rotatable bonds is 29. The molecule has 10 amide bonds. The van der Waals surface area contributed by atoms with Crippen molar-refractivity contribution < 1.29 is 63.0 Å². The van der Waals surface area contributed by atoms with Gasteiger partial charge >= 0.3 is 5.97 Å². The van der Waals surface area contributed by atoms with Crippen LogP contribution in [-0.4, -0.2) is 168 Å². The van der Waals surface area contributed by atoms with Crippen molar-refractivity contribution >= 4 is 65.0 Å². The number of unbranched alkanes of at least 4 members (excludes halogenated alkanes) is 1. The minimum Gasteiger partial charge on any atom is -0.480 e. The van der Waals surface area contributed by atoms with E-state index in [0.717, 1.165) is 0 Å². The number of carboxylic acid groups (broad SMARTS) is 1. The zero-order chi connectivity index (χ0) is 51.9. The third kappa shape index (κ3) is 20.1. The van der Waals surface area contributed by atoms with Gasteiger partial charge in [-0.15, -0.1) is 0 Å². The Morgan fingerprint density at radius 3 is 1.99 bits per heavy atom. The summed E-state index contributed by atoms with van der Waals surface area (Å²) >= 11 is 0. The molecular weight excluding hydrogens is 917 g/mol. The fourth-order valence-electron chi connectivity index (χ4n) is 7.73. The van der Waals surface area contributed by atoms with Gasteiger partial charge in [0.15, 0.2) is 0 Å². The Morgan fingerprint density at radius 2 is 1.37 bits per heavy atom. The summed E-state index contributed by atoms with van der Waals surface area (Å²) in [7, 11) is 0. The highest BCUT2D eigenvalue weighted by Crippen LogP contribution is 2.18. The molecule has 25 heteroatoms. The molecule has 388 valence electrons. The SMILES string of the molecule is CC(C)C[C@H](NC(=O)CNC(=O)[C@H](Cc1ccccc1)NC(=O)[C@H](CCC(N)=O)NC(=O)CNC(=O)C1C[C@@H](O)CN1)C(=O)N[C@@H](C)C(=O)NCC(=O)N1CCC[C@H]1C(=O)N[C@@H](CCCCN)C(=O)O. The van der Waals surface area contributed by atoms with E-state index in [1.165, 1.54) is 11.8 Å². The van der Waals surface area contributed by atoms with Gasteiger partial charge in [-0.1, -0.05) is 44.2 Å². The lowest BCUT2D eigenvalue weighted by Gasteiger charge is -2.26. The predicted molar refractivity (Wildman–Crippen MR) is 250 cm³/mol. The number of aliphatic carboxylic acids is 1. The number of nitrogens with one attached hydrogen (secondary N) is 9. The zero-order valence-electron chi connectivity index (χ0n) is 39.9. The Labute approximate surface area is 405 Å². The Bertz CT molecular complexity index is 2010. The van der Waals surface area contributed by atoms with Crippen molar-refractivity contribution in [2.45, 2.75) is 133 Å². The first-order valence-corrected chi connectivity index (χ1v) is 23.5. The number of hydrogen-bond donors (Lipinski definition) is 13. The Kier molecular flexibility index (Phi) is 24.1. The molecule has 2 fully saturated rings. The summed E-state index contributed by atoms with van der Waals surface area (Å²) in [5, 5.41) is 42.0. The highest BCUT2D eigenvalue weighted by molar-refractivity contribution is 5.97. The number of β-amino-alcohol motifs (C(OH)–C–C–N with tert-alkyl or cyclic N) is 1. The van der Waals surface area contributed by atoms with Crippen LogP contribution in [0.15, 0.2) is 30.3 Å². The molecule has 0 radical (unpaired) electrons. The van der Waals surface area contributed by atoms with Crippen LogP contribution in [0.25, 0.3) is 0 Å². The molecule has 2 aliphatic rings. The number of hydrogen-bond acceptors (Lipinski definition) is 14. The highest BCUT2D eigenvalue weighted by atomic mass is 16.4. The summed E-state index contributed by atoms with van der Waals surface area (Å²) in [5.41, 5.74) is 11.4. The second-order valence-electron chi connectivity index (χ2n) is 17.8. The van der Waals surface area contributed by atoms with Crippen molar-refractivity contribution in [3.63, 3.8) is 0 Å². The first-order valence-electron chi connectivity index (χ1n) is 23.5. The molecule has 0 spiro atoms. The normalized spacial score (nSPS) is 18.5. The van der Waals surface area contributed by atoms with E-state index in [9.17, 15) is 63.0 Å². The number of primary amides is 1. The molecule has 2 saturated heterocycles. The number of aliphatic hydroxyl groups is 1. The fraction of sp³-hybridized carbons (Fsp3) is 0.622. The number of carbonyl (C=O) groups is 11. The summed E-state index contributed by atoms with van der Waals surface area (Å²) in [6.45, 7) is 4.00. The molecule has 1 aromatic carbocycles. The van der Waals surface area contributed by atoms with Crippen LogP contribution in [-0.2, 0) is 59.2 Å². The average molecular weight is 987 g/mol. The topological polar surface area (TPSA) is 392 Å². The van der Waals surface area contributed by atoms with Crippen LogP contribution < -0.4 is 59.3 Å². The zero-order valence-corrected chi connectivity index (χ0v) is 39.9. The van der Waals surface area contributed by atoms with Crippen molar-refractivity contribution in [3.8, 4) is 0 Å². The van der Waals surface area contributed by atoms with Crippen LogP contribution in [0.3, 0.4) is 0 Å². The van der Waals surface area contributed by atoms with E-state index in [-0.39, 0.29) is 57.5 Å². The monoisotopic (exact) mass is 987 g/mol. The minimum absolute atomic E-state index is 0.0755. The summed E-state index contributed by atoms with van der Waals surface area (Å²) < 4.78 is 0. The highest BCUT2D eigenvalue weighted by Gasteiger charge is 2.37. The molecule has 0 bridgehead atoms. The standard InChI is InChI=1S/C45H70N12O13/c1-25(2)18-32(43(67)52-26(3)39(63)51-24-38(62)57-17-9-13-34(57)44(68)55-30(45(69)70)12-7-8-16-46)54-37(61)23-50-41(65)33(19-27-10-5-4-6-11-27)56-42(66)29(14-15-35(47)59)53-36(60)22-49-40(64)31-20-28(58)21-48-31/h4-6,10-11,25-26,28-34,48,58H,7-9,12-24,46H2,1-3H3,(H2,47,59)(H,49,64)(H,50,65)(H,51,63)(H,52,67)(H,53,60)(H,54,61)(H,55,68)(H,56,66)(H,69,70)/t26-,28+,29-,30-,31?,32-,33-,34-/m0/s1. The maximum atomic E-state index is 13.7. The van der Waals surface area contributed by atoms with Crippen LogP contribution in [0.2, 0.25) is 0 Å². The Morgan fingerprint density at radius 1 is 0.729 bits per heavy atom. The Balaban J connectivity index is 1.59. The maximum absolute atomic E-state index is 13.7. The van der Waals surface area contributed by atoms with E-state index >= 15 is 0 Å². The largest absolute Gasteiger partial charge is 0.480 e.